The van der Waals surface area contributed by atoms with Crippen LogP contribution in [0.15, 0.2) is 48.7 Å². The molecule has 0 bridgehead atoms. The maximum atomic E-state index is 14.5. The number of rotatable bonds is 9. The molecular formula is C25H23FN4O5. The molecule has 0 unspecified atom stereocenters. The maximum absolute atomic E-state index is 14.5. The molecule has 4 aromatic rings. The first kappa shape index (κ1) is 22.5. The number of hydrogen-bond acceptors (Lipinski definition) is 7. The summed E-state index contributed by atoms with van der Waals surface area (Å²) in [6, 6.07) is 12.7. The number of aliphatic carboxylic acids is 1. The molecule has 3 heterocycles. The number of halogens is 1. The molecule has 5 rings (SSSR count). The molecule has 0 saturated heterocycles. The minimum absolute atomic E-state index is 0.0623. The van der Waals surface area contributed by atoms with Gasteiger partial charge < -0.3 is 29.2 Å². The Kier molecular flexibility index (Phi) is 6.09. The van der Waals surface area contributed by atoms with Gasteiger partial charge in [-0.3, -0.25) is 4.79 Å². The van der Waals surface area contributed by atoms with Crippen molar-refractivity contribution in [2.45, 2.75) is 12.8 Å². The van der Waals surface area contributed by atoms with Crippen LogP contribution in [0.4, 0.5) is 10.2 Å². The van der Waals surface area contributed by atoms with Gasteiger partial charge in [-0.05, 0) is 48.9 Å². The van der Waals surface area contributed by atoms with Gasteiger partial charge in [-0.15, -0.1) is 0 Å². The average molecular weight is 478 g/mol. The number of nitrogens with one attached hydrogen (secondary N) is 1. The zero-order valence-corrected chi connectivity index (χ0v) is 19.0. The standard InChI is InChI=1S/C25H23FN4O5/c1-30(7-2-8-33-18-4-5-20-16(10-18)9-17(28-20)12-23(31)32)25-19(26)13-27-24(29-25)15-3-6-21-22(11-15)35-14-34-21/h3-6,9-11,13,28H,2,7-8,12,14H2,1H3,(H,31,32). The van der Waals surface area contributed by atoms with E-state index in [1.54, 1.807) is 30.1 Å². The Labute approximate surface area is 200 Å². The van der Waals surface area contributed by atoms with E-state index in [9.17, 15) is 9.18 Å². The monoisotopic (exact) mass is 478 g/mol. The van der Waals surface area contributed by atoms with E-state index < -0.39 is 11.8 Å². The van der Waals surface area contributed by atoms with E-state index in [0.29, 0.717) is 53.9 Å². The lowest BCUT2D eigenvalue weighted by Gasteiger charge is -2.19. The second-order valence-corrected chi connectivity index (χ2v) is 8.17. The summed E-state index contributed by atoms with van der Waals surface area (Å²) >= 11 is 0. The lowest BCUT2D eigenvalue weighted by atomic mass is 10.2. The Morgan fingerprint density at radius 1 is 1.20 bits per heavy atom. The number of nitrogens with zero attached hydrogens (tertiary/aromatic N) is 3. The highest BCUT2D eigenvalue weighted by Gasteiger charge is 2.17. The predicted molar refractivity (Wildman–Crippen MR) is 127 cm³/mol. The van der Waals surface area contributed by atoms with Crippen molar-refractivity contribution in [2.24, 2.45) is 0 Å². The fourth-order valence-corrected chi connectivity index (χ4v) is 3.92. The van der Waals surface area contributed by atoms with Gasteiger partial charge in [0.1, 0.15) is 5.75 Å². The van der Waals surface area contributed by atoms with Crippen LogP contribution in [0.2, 0.25) is 0 Å². The third-order valence-corrected chi connectivity index (χ3v) is 5.61. The van der Waals surface area contributed by atoms with Crippen molar-refractivity contribution < 1.29 is 28.5 Å². The van der Waals surface area contributed by atoms with Gasteiger partial charge in [0.25, 0.3) is 0 Å². The van der Waals surface area contributed by atoms with Gasteiger partial charge in [-0.2, -0.15) is 0 Å². The second kappa shape index (κ2) is 9.49. The number of H-pyrrole nitrogens is 1. The van der Waals surface area contributed by atoms with Gasteiger partial charge in [0.15, 0.2) is 29.0 Å². The van der Waals surface area contributed by atoms with Crippen LogP contribution in [0, 0.1) is 5.82 Å². The molecule has 10 heteroatoms. The van der Waals surface area contributed by atoms with E-state index >= 15 is 0 Å². The number of hydrogen-bond donors (Lipinski definition) is 2. The Bertz CT molecular complexity index is 1390. The highest BCUT2D eigenvalue weighted by Crippen LogP contribution is 2.35. The zero-order valence-electron chi connectivity index (χ0n) is 19.0. The summed E-state index contributed by atoms with van der Waals surface area (Å²) in [7, 11) is 1.77. The van der Waals surface area contributed by atoms with Crippen LogP contribution < -0.4 is 19.1 Å². The summed E-state index contributed by atoms with van der Waals surface area (Å²) < 4.78 is 31.1. The van der Waals surface area contributed by atoms with Crippen LogP contribution in [0.3, 0.4) is 0 Å². The van der Waals surface area contributed by atoms with E-state index in [1.165, 1.54) is 6.20 Å². The summed E-state index contributed by atoms with van der Waals surface area (Å²) in [4.78, 5) is 24.3. The number of carboxylic acid groups (broad SMARTS) is 1. The fraction of sp³-hybridized carbons (Fsp3) is 0.240. The van der Waals surface area contributed by atoms with Gasteiger partial charge in [-0.25, -0.2) is 14.4 Å². The Balaban J connectivity index is 1.19. The lowest BCUT2D eigenvalue weighted by Crippen LogP contribution is -2.23. The minimum atomic E-state index is -0.889. The molecule has 1 aliphatic rings. The topological polar surface area (TPSA) is 110 Å². The van der Waals surface area contributed by atoms with Crippen LogP contribution in [0.25, 0.3) is 22.3 Å². The molecule has 9 nitrogen and oxygen atoms in total. The van der Waals surface area contributed by atoms with Crippen molar-refractivity contribution in [3.05, 3.63) is 60.2 Å². The van der Waals surface area contributed by atoms with Crippen molar-refractivity contribution in [1.29, 1.82) is 0 Å². The second-order valence-electron chi connectivity index (χ2n) is 8.17. The van der Waals surface area contributed by atoms with Crippen molar-refractivity contribution in [3.8, 4) is 28.6 Å². The summed E-state index contributed by atoms with van der Waals surface area (Å²) in [5.74, 6) is 1.15. The van der Waals surface area contributed by atoms with E-state index in [4.69, 9.17) is 19.3 Å². The van der Waals surface area contributed by atoms with E-state index in [2.05, 4.69) is 15.0 Å². The molecular weight excluding hydrogens is 455 g/mol. The first-order chi connectivity index (χ1) is 17.0. The molecule has 2 aromatic carbocycles. The molecule has 35 heavy (non-hydrogen) atoms. The van der Waals surface area contributed by atoms with Crippen LogP contribution in [0.5, 0.6) is 17.2 Å². The van der Waals surface area contributed by atoms with E-state index in [-0.39, 0.29) is 19.0 Å². The number of benzene rings is 2. The normalized spacial score (nSPS) is 12.2. The number of aromatic nitrogens is 3. The molecule has 180 valence electrons. The smallest absolute Gasteiger partial charge is 0.309 e. The molecule has 1 aliphatic heterocycles. The van der Waals surface area contributed by atoms with Crippen molar-refractivity contribution in [2.75, 3.05) is 31.9 Å². The Morgan fingerprint density at radius 3 is 2.91 bits per heavy atom. The SMILES string of the molecule is CN(CCCOc1ccc2[nH]c(CC(=O)O)cc2c1)c1nc(-c2ccc3c(c2)OCO3)ncc1F. The van der Waals surface area contributed by atoms with Gasteiger partial charge in [-0.1, -0.05) is 0 Å². The van der Waals surface area contributed by atoms with Crippen molar-refractivity contribution in [3.63, 3.8) is 0 Å². The first-order valence-electron chi connectivity index (χ1n) is 11.1. The minimum Gasteiger partial charge on any atom is -0.494 e. The fourth-order valence-electron chi connectivity index (χ4n) is 3.92. The number of carboxylic acids is 1. The van der Waals surface area contributed by atoms with Crippen LogP contribution >= 0.6 is 0 Å². The highest BCUT2D eigenvalue weighted by molar-refractivity contribution is 5.83. The zero-order chi connectivity index (χ0) is 24.4. The molecule has 0 saturated carbocycles. The third-order valence-electron chi connectivity index (χ3n) is 5.61. The largest absolute Gasteiger partial charge is 0.494 e. The lowest BCUT2D eigenvalue weighted by molar-refractivity contribution is -0.136. The quantitative estimate of drug-likeness (QED) is 0.347. The Hall–Kier alpha value is -4.34. The van der Waals surface area contributed by atoms with Gasteiger partial charge in [0, 0.05) is 35.8 Å². The Morgan fingerprint density at radius 2 is 2.06 bits per heavy atom. The third kappa shape index (κ3) is 4.96. The van der Waals surface area contributed by atoms with Gasteiger partial charge in [0.05, 0.1) is 19.2 Å². The van der Waals surface area contributed by atoms with Crippen LogP contribution in [0.1, 0.15) is 12.1 Å². The molecule has 0 amide bonds. The maximum Gasteiger partial charge on any atom is 0.309 e. The summed E-state index contributed by atoms with van der Waals surface area (Å²) in [5.41, 5.74) is 2.20. The molecule has 0 aliphatic carbocycles. The molecule has 0 spiro atoms. The number of carbonyl (C=O) groups is 1. The molecule has 0 radical (unpaired) electrons. The number of anilines is 1. The molecule has 0 atom stereocenters. The summed E-state index contributed by atoms with van der Waals surface area (Å²) in [6.45, 7) is 1.11. The van der Waals surface area contributed by atoms with E-state index in [1.807, 2.05) is 24.3 Å². The van der Waals surface area contributed by atoms with E-state index in [0.717, 1.165) is 10.9 Å². The number of ether oxygens (including phenoxy) is 3. The average Bonchev–Trinajstić information content (AvgIpc) is 3.47. The van der Waals surface area contributed by atoms with Gasteiger partial charge in [0.2, 0.25) is 6.79 Å². The summed E-state index contributed by atoms with van der Waals surface area (Å²) in [5, 5.41) is 9.84. The van der Waals surface area contributed by atoms with Gasteiger partial charge >= 0.3 is 5.97 Å². The predicted octanol–water partition coefficient (Wildman–Crippen LogP) is 4.03. The first-order valence-corrected chi connectivity index (χ1v) is 11.1. The number of fused-ring (bicyclic) bond motifs is 2. The van der Waals surface area contributed by atoms with Crippen molar-refractivity contribution >= 4 is 22.7 Å². The summed E-state index contributed by atoms with van der Waals surface area (Å²) in [6.07, 6.45) is 1.74. The molecule has 0 fully saturated rings. The van der Waals surface area contributed by atoms with Crippen molar-refractivity contribution in [1.82, 2.24) is 15.0 Å². The highest BCUT2D eigenvalue weighted by atomic mass is 19.1. The molecule has 2 N–H and O–H groups in total. The molecule has 2 aromatic heterocycles. The van der Waals surface area contributed by atoms with Crippen LogP contribution in [-0.4, -0.2) is 53.0 Å². The van der Waals surface area contributed by atoms with Crippen LogP contribution in [-0.2, 0) is 11.2 Å². The number of aromatic amines is 1.